The average Bonchev–Trinajstić information content (AvgIpc) is 3.41. The minimum absolute atomic E-state index is 0.0343. The first kappa shape index (κ1) is 21.7. The number of thioether (sulfide) groups is 1. The fraction of sp³-hybridized carbons (Fsp3) is 0.261. The van der Waals surface area contributed by atoms with Gasteiger partial charge in [-0.25, -0.2) is 4.98 Å². The van der Waals surface area contributed by atoms with Crippen molar-refractivity contribution in [2.24, 2.45) is 0 Å². The first-order valence-electron chi connectivity index (χ1n) is 10.2. The number of halogens is 1. The molecule has 0 fully saturated rings. The molecule has 3 aromatic heterocycles. The van der Waals surface area contributed by atoms with Crippen molar-refractivity contribution in [1.82, 2.24) is 9.55 Å². The van der Waals surface area contributed by atoms with Gasteiger partial charge in [-0.2, -0.15) is 0 Å². The predicted molar refractivity (Wildman–Crippen MR) is 133 cm³/mol. The topological polar surface area (TPSA) is 61.2 Å². The summed E-state index contributed by atoms with van der Waals surface area (Å²) in [5, 5.41) is 1.24. The fourth-order valence-corrected chi connectivity index (χ4v) is 7.18. The molecule has 0 N–H and O–H groups in total. The summed E-state index contributed by atoms with van der Waals surface area (Å²) < 4.78 is 7.48. The van der Waals surface area contributed by atoms with E-state index in [4.69, 9.17) is 21.3 Å². The van der Waals surface area contributed by atoms with E-state index < -0.39 is 0 Å². The van der Waals surface area contributed by atoms with Gasteiger partial charge in [-0.3, -0.25) is 14.2 Å². The summed E-state index contributed by atoms with van der Waals surface area (Å²) in [5.41, 5.74) is 1.78. The smallest absolute Gasteiger partial charge is 0.267 e. The number of ketones is 1. The third kappa shape index (κ3) is 4.01. The lowest BCUT2D eigenvalue weighted by atomic mass is 9.97. The molecule has 9 heteroatoms. The second kappa shape index (κ2) is 9.02. The van der Waals surface area contributed by atoms with Crippen LogP contribution in [0, 0.1) is 0 Å². The average molecular weight is 503 g/mol. The number of fused-ring (bicyclic) bond motifs is 3. The van der Waals surface area contributed by atoms with Gasteiger partial charge in [0.25, 0.3) is 5.56 Å². The van der Waals surface area contributed by atoms with Crippen molar-refractivity contribution < 1.29 is 9.53 Å². The van der Waals surface area contributed by atoms with Crippen LogP contribution in [-0.2, 0) is 12.8 Å². The molecule has 32 heavy (non-hydrogen) atoms. The van der Waals surface area contributed by atoms with E-state index in [2.05, 4.69) is 0 Å². The molecule has 1 aromatic carbocycles. The third-order valence-electron chi connectivity index (χ3n) is 5.47. The number of aryl methyl sites for hydroxylation is 2. The van der Waals surface area contributed by atoms with Gasteiger partial charge in [-0.1, -0.05) is 23.4 Å². The zero-order valence-electron chi connectivity index (χ0n) is 17.2. The second-order valence-electron chi connectivity index (χ2n) is 7.44. The van der Waals surface area contributed by atoms with E-state index >= 15 is 0 Å². The zero-order chi connectivity index (χ0) is 22.2. The van der Waals surface area contributed by atoms with Gasteiger partial charge in [-0.15, -0.1) is 22.7 Å². The summed E-state index contributed by atoms with van der Waals surface area (Å²) in [6.07, 6.45) is 4.15. The van der Waals surface area contributed by atoms with Crippen LogP contribution in [0.4, 0.5) is 0 Å². The molecule has 0 aliphatic heterocycles. The van der Waals surface area contributed by atoms with Crippen molar-refractivity contribution in [3.63, 3.8) is 0 Å². The molecule has 3 heterocycles. The number of benzene rings is 1. The maximum absolute atomic E-state index is 13.7. The van der Waals surface area contributed by atoms with Gasteiger partial charge in [0.05, 0.1) is 33.1 Å². The highest BCUT2D eigenvalue weighted by atomic mass is 35.5. The number of hydrogen-bond acceptors (Lipinski definition) is 7. The fourth-order valence-electron chi connectivity index (χ4n) is 3.91. The molecular weight excluding hydrogens is 484 g/mol. The minimum Gasteiger partial charge on any atom is -0.497 e. The Hall–Kier alpha value is -2.13. The lowest BCUT2D eigenvalue weighted by Gasteiger charge is -2.14. The highest BCUT2D eigenvalue weighted by Crippen LogP contribution is 2.35. The Morgan fingerprint density at radius 1 is 1.16 bits per heavy atom. The predicted octanol–water partition coefficient (Wildman–Crippen LogP) is 6.02. The highest BCUT2D eigenvalue weighted by molar-refractivity contribution is 7.99. The van der Waals surface area contributed by atoms with Crippen LogP contribution in [0.15, 0.2) is 46.3 Å². The molecule has 0 saturated heterocycles. The molecule has 0 spiro atoms. The molecule has 164 valence electrons. The summed E-state index contributed by atoms with van der Waals surface area (Å²) in [7, 11) is 1.61. The largest absolute Gasteiger partial charge is 0.497 e. The lowest BCUT2D eigenvalue weighted by Crippen LogP contribution is -2.22. The summed E-state index contributed by atoms with van der Waals surface area (Å²) in [6, 6.07) is 10.8. The molecule has 0 unspecified atom stereocenters. The van der Waals surface area contributed by atoms with E-state index in [1.54, 1.807) is 35.1 Å². The summed E-state index contributed by atoms with van der Waals surface area (Å²) >= 11 is 10.1. The molecule has 5 rings (SSSR count). The lowest BCUT2D eigenvalue weighted by molar-refractivity contribution is 0.102. The van der Waals surface area contributed by atoms with Crippen molar-refractivity contribution in [2.45, 2.75) is 30.8 Å². The van der Waals surface area contributed by atoms with Crippen LogP contribution in [0.5, 0.6) is 5.75 Å². The quantitative estimate of drug-likeness (QED) is 0.183. The van der Waals surface area contributed by atoms with E-state index in [1.165, 1.54) is 28.0 Å². The molecule has 0 radical (unpaired) electrons. The molecule has 0 amide bonds. The van der Waals surface area contributed by atoms with Crippen LogP contribution < -0.4 is 10.3 Å². The number of thiophene rings is 2. The Morgan fingerprint density at radius 3 is 2.66 bits per heavy atom. The maximum atomic E-state index is 13.7. The Morgan fingerprint density at radius 2 is 1.94 bits per heavy atom. The number of ether oxygens (including phenoxy) is 1. The van der Waals surface area contributed by atoms with Crippen molar-refractivity contribution in [3.05, 3.63) is 66.4 Å². The molecule has 1 aliphatic rings. The molecule has 0 bridgehead atoms. The van der Waals surface area contributed by atoms with Crippen LogP contribution in [0.1, 0.15) is 33.0 Å². The molecular formula is C23H19ClN2O3S3. The van der Waals surface area contributed by atoms with E-state index in [-0.39, 0.29) is 17.1 Å². The molecule has 0 saturated carbocycles. The first-order valence-corrected chi connectivity index (χ1v) is 13.2. The third-order valence-corrected chi connectivity index (χ3v) is 8.87. The van der Waals surface area contributed by atoms with Crippen molar-refractivity contribution in [1.29, 1.82) is 0 Å². The van der Waals surface area contributed by atoms with E-state index in [9.17, 15) is 9.59 Å². The number of rotatable bonds is 6. The Bertz CT molecular complexity index is 1370. The highest BCUT2D eigenvalue weighted by Gasteiger charge is 2.23. The number of hydrogen-bond donors (Lipinski definition) is 0. The molecule has 0 atom stereocenters. The van der Waals surface area contributed by atoms with E-state index in [1.807, 2.05) is 24.3 Å². The first-order chi connectivity index (χ1) is 15.5. The van der Waals surface area contributed by atoms with Crippen LogP contribution in [0.2, 0.25) is 4.34 Å². The SMILES string of the molecule is COc1ccc(-n2c(SCC(=O)c3ccc(Cl)s3)nc3sc4c(c3c2=O)CCCC4)cc1. The van der Waals surface area contributed by atoms with Gasteiger partial charge in [0, 0.05) is 4.88 Å². The summed E-state index contributed by atoms with van der Waals surface area (Å²) in [6.45, 7) is 0. The van der Waals surface area contributed by atoms with Gasteiger partial charge in [0.1, 0.15) is 10.6 Å². The van der Waals surface area contributed by atoms with Crippen molar-refractivity contribution in [3.8, 4) is 11.4 Å². The van der Waals surface area contributed by atoms with Gasteiger partial charge < -0.3 is 4.74 Å². The molecule has 1 aliphatic carbocycles. The van der Waals surface area contributed by atoms with Crippen molar-refractivity contribution >= 4 is 62.0 Å². The molecule has 4 aromatic rings. The number of methoxy groups -OCH3 is 1. The normalized spacial score (nSPS) is 13.3. The monoisotopic (exact) mass is 502 g/mol. The number of carbonyl (C=O) groups excluding carboxylic acids is 1. The van der Waals surface area contributed by atoms with Crippen LogP contribution >= 0.6 is 46.0 Å². The summed E-state index contributed by atoms with van der Waals surface area (Å²) in [5.74, 6) is 0.853. The van der Waals surface area contributed by atoms with Gasteiger partial charge >= 0.3 is 0 Å². The van der Waals surface area contributed by atoms with Gasteiger partial charge in [0.2, 0.25) is 0 Å². The number of nitrogens with zero attached hydrogens (tertiary/aromatic N) is 2. The Kier molecular flexibility index (Phi) is 6.11. The van der Waals surface area contributed by atoms with Crippen molar-refractivity contribution in [2.75, 3.05) is 12.9 Å². The maximum Gasteiger partial charge on any atom is 0.267 e. The van der Waals surface area contributed by atoms with E-state index in [0.29, 0.717) is 25.8 Å². The van der Waals surface area contributed by atoms with Crippen LogP contribution in [0.25, 0.3) is 15.9 Å². The number of Topliss-reactive ketones (excluding diaryl/α,β-unsaturated/α-hetero) is 1. The van der Waals surface area contributed by atoms with Gasteiger partial charge in [-0.05, 0) is 67.6 Å². The Labute approximate surface area is 202 Å². The summed E-state index contributed by atoms with van der Waals surface area (Å²) in [4.78, 5) is 33.9. The van der Waals surface area contributed by atoms with E-state index in [0.717, 1.165) is 41.5 Å². The molecule has 5 nitrogen and oxygen atoms in total. The zero-order valence-corrected chi connectivity index (χ0v) is 20.4. The van der Waals surface area contributed by atoms with Gasteiger partial charge in [0.15, 0.2) is 10.9 Å². The second-order valence-corrected chi connectivity index (χ2v) is 11.2. The van der Waals surface area contributed by atoms with Crippen LogP contribution in [0.3, 0.4) is 0 Å². The van der Waals surface area contributed by atoms with Crippen LogP contribution in [-0.4, -0.2) is 28.2 Å². The minimum atomic E-state index is -0.0753. The number of aromatic nitrogens is 2. The standard InChI is InChI=1S/C23H19ClN2O3S3/c1-29-14-8-6-13(7-9-14)26-22(28)20-15-4-2-3-5-17(15)32-21(20)25-23(26)30-12-16(27)18-10-11-19(24)31-18/h6-11H,2-5,12H2,1H3. The number of carbonyl (C=O) groups is 1. The Balaban J connectivity index is 1.60.